The lowest BCUT2D eigenvalue weighted by Gasteiger charge is -1.89. The van der Waals surface area contributed by atoms with E-state index >= 15 is 0 Å². The van der Waals surface area contributed by atoms with Crippen molar-refractivity contribution in [2.75, 3.05) is 5.73 Å². The zero-order chi connectivity index (χ0) is 6.97. The summed E-state index contributed by atoms with van der Waals surface area (Å²) in [6, 6.07) is 0. The van der Waals surface area contributed by atoms with Gasteiger partial charge in [0.05, 0.1) is 28.3 Å². The molecule has 0 atom stereocenters. The van der Waals surface area contributed by atoms with Crippen LogP contribution in [-0.2, 0) is 0 Å². The highest BCUT2D eigenvalue weighted by Crippen LogP contribution is 2.21. The highest BCUT2D eigenvalue weighted by atomic mass is 32.1. The monoisotopic (exact) mass is 151 g/mol. The Morgan fingerprint density at radius 3 is 3.10 bits per heavy atom. The van der Waals surface area contributed by atoms with Gasteiger partial charge in [0.25, 0.3) is 0 Å². The minimum atomic E-state index is 0.708. The molecular weight excluding hydrogens is 146 g/mol. The minimum absolute atomic E-state index is 0.708. The number of nitrogen functional groups attached to an aromatic ring is 1. The minimum Gasteiger partial charge on any atom is -0.396 e. The van der Waals surface area contributed by atoms with E-state index in [4.69, 9.17) is 5.73 Å². The van der Waals surface area contributed by atoms with Crippen LogP contribution in [0, 0.1) is 0 Å². The molecule has 0 radical (unpaired) electrons. The van der Waals surface area contributed by atoms with Crippen LogP contribution in [0.2, 0.25) is 0 Å². The first-order chi connectivity index (χ1) is 4.88. The van der Waals surface area contributed by atoms with E-state index in [1.165, 1.54) is 11.3 Å². The molecule has 0 spiro atoms. The second-order valence-electron chi connectivity index (χ2n) is 1.93. The zero-order valence-electron chi connectivity index (χ0n) is 5.11. The lowest BCUT2D eigenvalue weighted by Crippen LogP contribution is -1.84. The van der Waals surface area contributed by atoms with E-state index in [-0.39, 0.29) is 0 Å². The van der Waals surface area contributed by atoms with Crippen LogP contribution >= 0.6 is 11.3 Å². The van der Waals surface area contributed by atoms with Crippen molar-refractivity contribution in [3.8, 4) is 0 Å². The molecule has 2 heterocycles. The third-order valence-corrected chi connectivity index (χ3v) is 2.16. The molecule has 0 bridgehead atoms. The van der Waals surface area contributed by atoms with E-state index < -0.39 is 0 Å². The molecule has 0 saturated carbocycles. The Bertz CT molecular complexity index is 355. The van der Waals surface area contributed by atoms with Crippen LogP contribution in [0.25, 0.3) is 10.2 Å². The van der Waals surface area contributed by atoms with Crippen LogP contribution < -0.4 is 5.73 Å². The largest absolute Gasteiger partial charge is 0.396 e. The SMILES string of the molecule is Nc1cncc2ncsc12. The van der Waals surface area contributed by atoms with Crippen LogP contribution in [0.4, 0.5) is 5.69 Å². The Balaban J connectivity index is 2.95. The maximum Gasteiger partial charge on any atom is 0.102 e. The van der Waals surface area contributed by atoms with Gasteiger partial charge in [0.1, 0.15) is 5.52 Å². The van der Waals surface area contributed by atoms with Gasteiger partial charge in [-0.25, -0.2) is 4.98 Å². The quantitative estimate of drug-likeness (QED) is 0.617. The number of aromatic nitrogens is 2. The second kappa shape index (κ2) is 1.91. The van der Waals surface area contributed by atoms with Gasteiger partial charge in [0.15, 0.2) is 0 Å². The van der Waals surface area contributed by atoms with Gasteiger partial charge < -0.3 is 5.73 Å². The molecule has 2 aromatic heterocycles. The molecule has 0 saturated heterocycles. The van der Waals surface area contributed by atoms with Crippen molar-refractivity contribution in [2.24, 2.45) is 0 Å². The summed E-state index contributed by atoms with van der Waals surface area (Å²) in [5, 5.41) is 0. The number of pyridine rings is 1. The molecule has 50 valence electrons. The Morgan fingerprint density at radius 2 is 2.30 bits per heavy atom. The highest BCUT2D eigenvalue weighted by Gasteiger charge is 1.98. The highest BCUT2D eigenvalue weighted by molar-refractivity contribution is 7.17. The van der Waals surface area contributed by atoms with Crippen molar-refractivity contribution in [2.45, 2.75) is 0 Å². The van der Waals surface area contributed by atoms with E-state index in [1.54, 1.807) is 17.9 Å². The van der Waals surface area contributed by atoms with Crippen molar-refractivity contribution >= 4 is 27.2 Å². The van der Waals surface area contributed by atoms with Crippen molar-refractivity contribution in [3.05, 3.63) is 17.9 Å². The van der Waals surface area contributed by atoms with E-state index in [0.29, 0.717) is 5.69 Å². The normalized spacial score (nSPS) is 10.4. The van der Waals surface area contributed by atoms with E-state index in [2.05, 4.69) is 9.97 Å². The molecule has 0 aliphatic rings. The molecule has 0 fully saturated rings. The van der Waals surface area contributed by atoms with E-state index in [1.807, 2.05) is 0 Å². The molecule has 10 heavy (non-hydrogen) atoms. The molecular formula is C6H5N3S. The molecule has 3 nitrogen and oxygen atoms in total. The summed E-state index contributed by atoms with van der Waals surface area (Å²) in [6.07, 6.45) is 3.35. The summed E-state index contributed by atoms with van der Waals surface area (Å²) < 4.78 is 1.02. The predicted octanol–water partition coefficient (Wildman–Crippen LogP) is 1.27. The summed E-state index contributed by atoms with van der Waals surface area (Å²) in [5.74, 6) is 0. The molecule has 0 aliphatic heterocycles. The number of rotatable bonds is 0. The number of fused-ring (bicyclic) bond motifs is 1. The Kier molecular flexibility index (Phi) is 1.07. The van der Waals surface area contributed by atoms with Crippen molar-refractivity contribution < 1.29 is 0 Å². The fourth-order valence-electron chi connectivity index (χ4n) is 0.810. The van der Waals surface area contributed by atoms with Gasteiger partial charge in [-0.3, -0.25) is 4.98 Å². The predicted molar refractivity (Wildman–Crippen MR) is 41.8 cm³/mol. The average Bonchev–Trinajstić information content (AvgIpc) is 2.36. The third-order valence-electron chi connectivity index (χ3n) is 1.27. The summed E-state index contributed by atoms with van der Waals surface area (Å²) in [7, 11) is 0. The van der Waals surface area contributed by atoms with Crippen LogP contribution in [0.5, 0.6) is 0 Å². The summed E-state index contributed by atoms with van der Waals surface area (Å²) in [5.41, 5.74) is 8.96. The fraction of sp³-hybridized carbons (Fsp3) is 0. The second-order valence-corrected chi connectivity index (χ2v) is 2.78. The summed E-state index contributed by atoms with van der Waals surface area (Å²) >= 11 is 1.54. The zero-order valence-corrected chi connectivity index (χ0v) is 5.93. The third kappa shape index (κ3) is 0.657. The number of thiazole rings is 1. The number of hydrogen-bond acceptors (Lipinski definition) is 4. The number of hydrogen-bond donors (Lipinski definition) is 1. The van der Waals surface area contributed by atoms with E-state index in [9.17, 15) is 0 Å². The van der Waals surface area contributed by atoms with Gasteiger partial charge in [-0.1, -0.05) is 0 Å². The summed E-state index contributed by atoms with van der Waals surface area (Å²) in [6.45, 7) is 0. The first kappa shape index (κ1) is 5.61. The lowest BCUT2D eigenvalue weighted by atomic mass is 10.4. The smallest absolute Gasteiger partial charge is 0.102 e. The van der Waals surface area contributed by atoms with Crippen molar-refractivity contribution in [1.29, 1.82) is 0 Å². The maximum atomic E-state index is 5.61. The average molecular weight is 151 g/mol. The standard InChI is InChI=1S/C6H5N3S/c7-4-1-8-2-5-6(4)10-3-9-5/h1-3H,7H2. The van der Waals surface area contributed by atoms with Gasteiger partial charge in [0, 0.05) is 0 Å². The molecule has 0 amide bonds. The first-order valence-electron chi connectivity index (χ1n) is 2.80. The van der Waals surface area contributed by atoms with Crippen LogP contribution in [-0.4, -0.2) is 9.97 Å². The van der Waals surface area contributed by atoms with Crippen molar-refractivity contribution in [1.82, 2.24) is 9.97 Å². The lowest BCUT2D eigenvalue weighted by molar-refractivity contribution is 1.34. The summed E-state index contributed by atoms with van der Waals surface area (Å²) in [4.78, 5) is 7.96. The molecule has 0 unspecified atom stereocenters. The van der Waals surface area contributed by atoms with Crippen LogP contribution in [0.15, 0.2) is 17.9 Å². The maximum absolute atomic E-state index is 5.61. The van der Waals surface area contributed by atoms with Gasteiger partial charge in [-0.15, -0.1) is 11.3 Å². The fourth-order valence-corrected chi connectivity index (χ4v) is 1.50. The molecule has 2 N–H and O–H groups in total. The van der Waals surface area contributed by atoms with Crippen molar-refractivity contribution in [3.63, 3.8) is 0 Å². The van der Waals surface area contributed by atoms with Gasteiger partial charge in [-0.2, -0.15) is 0 Å². The number of nitrogens with two attached hydrogens (primary N) is 1. The number of nitrogens with zero attached hydrogens (tertiary/aromatic N) is 2. The van der Waals surface area contributed by atoms with Gasteiger partial charge >= 0.3 is 0 Å². The Hall–Kier alpha value is -1.16. The molecule has 0 aliphatic carbocycles. The molecule has 0 aromatic carbocycles. The number of anilines is 1. The molecule has 4 heteroatoms. The van der Waals surface area contributed by atoms with Gasteiger partial charge in [0.2, 0.25) is 0 Å². The molecule has 2 rings (SSSR count). The topological polar surface area (TPSA) is 51.8 Å². The molecule has 2 aromatic rings. The first-order valence-corrected chi connectivity index (χ1v) is 3.68. The van der Waals surface area contributed by atoms with Gasteiger partial charge in [-0.05, 0) is 0 Å². The van der Waals surface area contributed by atoms with Crippen LogP contribution in [0.3, 0.4) is 0 Å². The van der Waals surface area contributed by atoms with E-state index in [0.717, 1.165) is 10.2 Å². The Morgan fingerprint density at radius 1 is 1.40 bits per heavy atom. The van der Waals surface area contributed by atoms with Crippen LogP contribution in [0.1, 0.15) is 0 Å². The Labute approximate surface area is 61.5 Å².